The first kappa shape index (κ1) is 10.5. The zero-order chi connectivity index (χ0) is 11.9. The van der Waals surface area contributed by atoms with Gasteiger partial charge in [-0.3, -0.25) is 5.10 Å². The fraction of sp³-hybridized carbons (Fsp3) is 0. The minimum Gasteiger partial charge on any atom is -0.254 e. The second-order valence-electron chi connectivity index (χ2n) is 3.42. The Balaban J connectivity index is 2.08. The lowest BCUT2D eigenvalue weighted by atomic mass is 10.2. The Kier molecular flexibility index (Phi) is 2.30. The van der Waals surface area contributed by atoms with Gasteiger partial charge in [-0.1, -0.05) is 18.2 Å². The number of benzene rings is 1. The van der Waals surface area contributed by atoms with Crippen molar-refractivity contribution >= 4 is 26.5 Å². The maximum absolute atomic E-state index is 11.9. The zero-order valence-corrected chi connectivity index (χ0v) is 10.1. The van der Waals surface area contributed by atoms with E-state index in [0.29, 0.717) is 20.5 Å². The van der Waals surface area contributed by atoms with Crippen LogP contribution in [-0.2, 0) is 9.84 Å². The summed E-state index contributed by atoms with van der Waals surface area (Å²) < 4.78 is 23.7. The third kappa shape index (κ3) is 1.77. The quantitative estimate of drug-likeness (QED) is 0.894. The maximum atomic E-state index is 11.9. The smallest absolute Gasteiger partial charge is 0.201 e. The van der Waals surface area contributed by atoms with Crippen molar-refractivity contribution in [1.82, 2.24) is 15.2 Å². The van der Waals surface area contributed by atoms with Crippen LogP contribution in [0.2, 0.25) is 0 Å². The molecule has 1 aliphatic rings. The molecule has 2 aromatic rings. The van der Waals surface area contributed by atoms with E-state index >= 15 is 0 Å². The van der Waals surface area contributed by atoms with Crippen LogP contribution in [-0.4, -0.2) is 23.6 Å². The maximum Gasteiger partial charge on any atom is 0.201 e. The number of nitrogens with zero attached hydrogens (tertiary/aromatic N) is 2. The third-order valence-corrected chi connectivity index (χ3v) is 4.93. The summed E-state index contributed by atoms with van der Waals surface area (Å²) in [5, 5.41) is 8.25. The molecule has 0 unspecified atom stereocenters. The van der Waals surface area contributed by atoms with Gasteiger partial charge in [0.1, 0.15) is 6.33 Å². The van der Waals surface area contributed by atoms with Crippen molar-refractivity contribution in [3.63, 3.8) is 0 Å². The van der Waals surface area contributed by atoms with E-state index in [-0.39, 0.29) is 0 Å². The van der Waals surface area contributed by atoms with Crippen LogP contribution in [0.5, 0.6) is 0 Å². The fourth-order valence-electron chi connectivity index (χ4n) is 1.61. The second-order valence-corrected chi connectivity index (χ2v) is 6.21. The molecule has 2 heterocycles. The van der Waals surface area contributed by atoms with E-state index in [4.69, 9.17) is 0 Å². The van der Waals surface area contributed by atoms with Crippen LogP contribution in [0.25, 0.3) is 4.91 Å². The number of thioether (sulfide) groups is 1. The number of fused-ring (bicyclic) bond motifs is 1. The van der Waals surface area contributed by atoms with Crippen molar-refractivity contribution in [1.29, 1.82) is 0 Å². The summed E-state index contributed by atoms with van der Waals surface area (Å²) in [5.41, 5.74) is 0.717. The van der Waals surface area contributed by atoms with Crippen molar-refractivity contribution in [2.45, 2.75) is 10.1 Å². The molecule has 7 heteroatoms. The van der Waals surface area contributed by atoms with Crippen molar-refractivity contribution in [2.75, 3.05) is 0 Å². The number of hydrogen-bond acceptors (Lipinski definition) is 5. The Bertz CT molecular complexity index is 690. The standard InChI is InChI=1S/C10H7N3O2S2/c14-17(15)5-8(16-10-11-6-12-13-10)7-3-1-2-4-9(7)17/h1-6H,(H,11,12,13). The molecule has 17 heavy (non-hydrogen) atoms. The highest BCUT2D eigenvalue weighted by Crippen LogP contribution is 2.41. The minimum absolute atomic E-state index is 0.349. The van der Waals surface area contributed by atoms with Gasteiger partial charge >= 0.3 is 0 Å². The monoisotopic (exact) mass is 265 g/mol. The van der Waals surface area contributed by atoms with Gasteiger partial charge in [0.25, 0.3) is 0 Å². The number of hydrogen-bond donors (Lipinski definition) is 1. The first-order chi connectivity index (χ1) is 8.17. The van der Waals surface area contributed by atoms with Gasteiger partial charge in [-0.05, 0) is 17.8 Å². The van der Waals surface area contributed by atoms with E-state index in [1.807, 2.05) is 6.07 Å². The molecular formula is C10H7N3O2S2. The van der Waals surface area contributed by atoms with Gasteiger partial charge in [0, 0.05) is 10.5 Å². The molecule has 0 saturated carbocycles. The van der Waals surface area contributed by atoms with Gasteiger partial charge < -0.3 is 0 Å². The topological polar surface area (TPSA) is 75.7 Å². The lowest BCUT2D eigenvalue weighted by Gasteiger charge is -2.00. The Morgan fingerprint density at radius 2 is 2.06 bits per heavy atom. The molecule has 0 bridgehead atoms. The third-order valence-electron chi connectivity index (χ3n) is 2.32. The average molecular weight is 265 g/mol. The van der Waals surface area contributed by atoms with Crippen LogP contribution in [0.3, 0.4) is 0 Å². The normalized spacial score (nSPS) is 16.6. The Morgan fingerprint density at radius 1 is 1.24 bits per heavy atom. The fourth-order valence-corrected chi connectivity index (χ4v) is 4.23. The number of H-pyrrole nitrogens is 1. The van der Waals surface area contributed by atoms with Gasteiger partial charge in [-0.2, -0.15) is 5.10 Å². The molecule has 3 rings (SSSR count). The summed E-state index contributed by atoms with van der Waals surface area (Å²) in [6.45, 7) is 0. The first-order valence-electron chi connectivity index (χ1n) is 4.76. The Hall–Kier alpha value is -1.60. The van der Waals surface area contributed by atoms with Crippen LogP contribution >= 0.6 is 11.8 Å². The number of aromatic amines is 1. The minimum atomic E-state index is -3.30. The molecule has 0 fully saturated rings. The second kappa shape index (κ2) is 3.71. The Morgan fingerprint density at radius 3 is 2.82 bits per heavy atom. The molecule has 0 spiro atoms. The van der Waals surface area contributed by atoms with Crippen LogP contribution in [0, 0.1) is 0 Å². The summed E-state index contributed by atoms with van der Waals surface area (Å²) in [7, 11) is -3.30. The summed E-state index contributed by atoms with van der Waals surface area (Å²) in [6.07, 6.45) is 1.39. The lowest BCUT2D eigenvalue weighted by Crippen LogP contribution is -1.91. The number of aromatic nitrogens is 3. The van der Waals surface area contributed by atoms with Crippen LogP contribution in [0.4, 0.5) is 0 Å². The molecule has 1 aliphatic heterocycles. The van der Waals surface area contributed by atoms with Crippen molar-refractivity contribution in [2.24, 2.45) is 0 Å². The number of rotatable bonds is 2. The van der Waals surface area contributed by atoms with E-state index in [1.54, 1.807) is 18.2 Å². The van der Waals surface area contributed by atoms with E-state index in [9.17, 15) is 8.42 Å². The van der Waals surface area contributed by atoms with Crippen LogP contribution in [0.1, 0.15) is 5.56 Å². The molecule has 0 aliphatic carbocycles. The van der Waals surface area contributed by atoms with E-state index < -0.39 is 9.84 Å². The molecule has 86 valence electrons. The predicted molar refractivity (Wildman–Crippen MR) is 63.8 cm³/mol. The molecular weight excluding hydrogens is 258 g/mol. The first-order valence-corrected chi connectivity index (χ1v) is 7.12. The summed E-state index contributed by atoms with van der Waals surface area (Å²) >= 11 is 1.26. The average Bonchev–Trinajstić information content (AvgIpc) is 2.88. The van der Waals surface area contributed by atoms with Gasteiger partial charge in [-0.25, -0.2) is 13.4 Å². The van der Waals surface area contributed by atoms with E-state index in [2.05, 4.69) is 15.2 Å². The molecule has 0 atom stereocenters. The number of sulfone groups is 1. The van der Waals surface area contributed by atoms with Gasteiger partial charge in [0.15, 0.2) is 5.16 Å². The largest absolute Gasteiger partial charge is 0.254 e. The van der Waals surface area contributed by atoms with Crippen molar-refractivity contribution in [3.05, 3.63) is 41.6 Å². The van der Waals surface area contributed by atoms with Crippen molar-refractivity contribution in [3.8, 4) is 0 Å². The summed E-state index contributed by atoms with van der Waals surface area (Å²) in [5.74, 6) is 0. The van der Waals surface area contributed by atoms with Crippen molar-refractivity contribution < 1.29 is 8.42 Å². The summed E-state index contributed by atoms with van der Waals surface area (Å²) in [6, 6.07) is 6.92. The predicted octanol–water partition coefficient (Wildman–Crippen LogP) is 1.68. The SMILES string of the molecule is O=S1(=O)C=C(Sc2ncn[nH]2)c2ccccc21. The van der Waals surface area contributed by atoms with Crippen LogP contribution < -0.4 is 0 Å². The van der Waals surface area contributed by atoms with E-state index in [0.717, 1.165) is 0 Å². The number of nitrogens with one attached hydrogen (secondary N) is 1. The highest BCUT2D eigenvalue weighted by molar-refractivity contribution is 8.09. The molecule has 5 nitrogen and oxygen atoms in total. The highest BCUT2D eigenvalue weighted by Gasteiger charge is 2.27. The van der Waals surface area contributed by atoms with Gasteiger partial charge in [-0.15, -0.1) is 0 Å². The Labute approximate surface area is 102 Å². The molecule has 0 radical (unpaired) electrons. The molecule has 1 aromatic heterocycles. The molecule has 0 amide bonds. The molecule has 0 saturated heterocycles. The highest BCUT2D eigenvalue weighted by atomic mass is 32.2. The van der Waals surface area contributed by atoms with Gasteiger partial charge in [0.05, 0.1) is 10.3 Å². The lowest BCUT2D eigenvalue weighted by molar-refractivity contribution is 0.605. The van der Waals surface area contributed by atoms with E-state index in [1.165, 1.54) is 23.5 Å². The summed E-state index contributed by atoms with van der Waals surface area (Å²) in [4.78, 5) is 4.97. The molecule has 1 aromatic carbocycles. The van der Waals surface area contributed by atoms with Gasteiger partial charge in [0.2, 0.25) is 9.84 Å². The molecule has 1 N–H and O–H groups in total. The van der Waals surface area contributed by atoms with Crippen LogP contribution in [0.15, 0.2) is 46.1 Å². The zero-order valence-electron chi connectivity index (χ0n) is 8.49.